The Bertz CT molecular complexity index is 992. The lowest BCUT2D eigenvalue weighted by molar-refractivity contribution is -0.277. The number of likely N-dealkylation sites (N-methyl/N-ethyl adjacent to an activating group) is 1. The Morgan fingerprint density at radius 1 is 1.08 bits per heavy atom. The number of benzene rings is 1. The molecule has 5 unspecified atom stereocenters. The van der Waals surface area contributed by atoms with Crippen molar-refractivity contribution in [1.29, 1.82) is 0 Å². The summed E-state index contributed by atoms with van der Waals surface area (Å²) < 4.78 is 28.4. The minimum Gasteiger partial charge on any atom is -0.485 e. The maximum absolute atomic E-state index is 12.1. The van der Waals surface area contributed by atoms with Crippen molar-refractivity contribution in [3.8, 4) is 11.5 Å². The van der Waals surface area contributed by atoms with E-state index in [1.807, 2.05) is 0 Å². The van der Waals surface area contributed by atoms with E-state index in [2.05, 4.69) is 5.32 Å². The first kappa shape index (κ1) is 28.1. The number of aliphatic hydroxyl groups excluding tert-OH is 5. The standard InChI is InChI=1S/C24H35NO11/c1-3-32-17(28)5-4-13-10-15-14(6-8-26)12-34-22(15)23(33-9-7-25-2)21(13)36-24-20(31)19(30)18(29)16(11-27)35-24/h10,12,16,18-20,24-27,29-31H,3-9,11H2,1-2H3. The van der Waals surface area contributed by atoms with Gasteiger partial charge < -0.3 is 54.2 Å². The molecule has 202 valence electrons. The SMILES string of the molecule is CCOC(=O)CCc1cc2c(CCO)coc2c(OCCNC)c1OC1OC(CO)C(O)C(O)C1O. The maximum Gasteiger partial charge on any atom is 0.306 e. The number of nitrogens with one attached hydrogen (secondary N) is 1. The highest BCUT2D eigenvalue weighted by molar-refractivity contribution is 5.90. The molecule has 6 N–H and O–H groups in total. The van der Waals surface area contributed by atoms with Crippen LogP contribution in [0.1, 0.15) is 24.5 Å². The zero-order valence-corrected chi connectivity index (χ0v) is 20.4. The van der Waals surface area contributed by atoms with Gasteiger partial charge in [-0.15, -0.1) is 0 Å². The molecule has 0 saturated carbocycles. The van der Waals surface area contributed by atoms with E-state index in [9.17, 15) is 30.3 Å². The second-order valence-corrected chi connectivity index (χ2v) is 8.38. The molecule has 1 aliphatic rings. The number of fused-ring (bicyclic) bond motifs is 1. The summed E-state index contributed by atoms with van der Waals surface area (Å²) in [5.41, 5.74) is 1.56. The molecule has 36 heavy (non-hydrogen) atoms. The van der Waals surface area contributed by atoms with E-state index < -0.39 is 43.3 Å². The quantitative estimate of drug-likeness (QED) is 0.146. The Morgan fingerprint density at radius 2 is 1.86 bits per heavy atom. The lowest BCUT2D eigenvalue weighted by Crippen LogP contribution is -2.60. The van der Waals surface area contributed by atoms with Gasteiger partial charge in [-0.25, -0.2) is 0 Å². The Hall–Kier alpha value is -2.45. The third-order valence-corrected chi connectivity index (χ3v) is 5.90. The van der Waals surface area contributed by atoms with Crippen LogP contribution in [0.25, 0.3) is 11.0 Å². The van der Waals surface area contributed by atoms with E-state index in [-0.39, 0.29) is 44.2 Å². The monoisotopic (exact) mass is 513 g/mol. The number of aliphatic hydroxyl groups is 5. The third kappa shape index (κ3) is 6.27. The van der Waals surface area contributed by atoms with E-state index in [0.717, 1.165) is 5.56 Å². The summed E-state index contributed by atoms with van der Waals surface area (Å²) in [7, 11) is 1.76. The molecule has 1 aliphatic heterocycles. The second-order valence-electron chi connectivity index (χ2n) is 8.38. The van der Waals surface area contributed by atoms with Crippen LogP contribution in [0, 0.1) is 0 Å². The molecule has 2 heterocycles. The van der Waals surface area contributed by atoms with Crippen molar-refractivity contribution >= 4 is 16.9 Å². The van der Waals surface area contributed by atoms with Crippen LogP contribution in [-0.4, -0.2) is 102 Å². The first-order chi connectivity index (χ1) is 17.4. The summed E-state index contributed by atoms with van der Waals surface area (Å²) in [6.45, 7) is 1.91. The zero-order chi connectivity index (χ0) is 26.2. The number of hydrogen-bond acceptors (Lipinski definition) is 12. The van der Waals surface area contributed by atoms with Crippen LogP contribution in [0.5, 0.6) is 11.5 Å². The van der Waals surface area contributed by atoms with Crippen LogP contribution < -0.4 is 14.8 Å². The van der Waals surface area contributed by atoms with Crippen LogP contribution in [0.15, 0.2) is 16.7 Å². The predicted octanol–water partition coefficient (Wildman–Crippen LogP) is -0.760. The minimum atomic E-state index is -1.65. The Kier molecular flexibility index (Phi) is 10.3. The molecular formula is C24H35NO11. The van der Waals surface area contributed by atoms with Crippen molar-refractivity contribution in [2.45, 2.75) is 56.9 Å². The second kappa shape index (κ2) is 13.2. The van der Waals surface area contributed by atoms with E-state index in [4.69, 9.17) is 23.4 Å². The smallest absolute Gasteiger partial charge is 0.306 e. The van der Waals surface area contributed by atoms with Gasteiger partial charge in [0.05, 0.1) is 19.5 Å². The van der Waals surface area contributed by atoms with Crippen molar-refractivity contribution in [1.82, 2.24) is 5.32 Å². The van der Waals surface area contributed by atoms with E-state index >= 15 is 0 Å². The Labute approximate surface area is 208 Å². The number of aryl methyl sites for hydroxylation is 1. The Morgan fingerprint density at radius 3 is 2.53 bits per heavy atom. The van der Waals surface area contributed by atoms with Crippen molar-refractivity contribution in [2.75, 3.05) is 40.0 Å². The highest BCUT2D eigenvalue weighted by atomic mass is 16.7. The van der Waals surface area contributed by atoms with Gasteiger partial charge in [-0.2, -0.15) is 0 Å². The van der Waals surface area contributed by atoms with Crippen LogP contribution in [0.2, 0.25) is 0 Å². The van der Waals surface area contributed by atoms with Gasteiger partial charge in [0.25, 0.3) is 0 Å². The zero-order valence-electron chi connectivity index (χ0n) is 20.4. The van der Waals surface area contributed by atoms with E-state index in [1.165, 1.54) is 6.26 Å². The fourth-order valence-corrected chi connectivity index (χ4v) is 3.99. The van der Waals surface area contributed by atoms with E-state index in [1.54, 1.807) is 20.0 Å². The van der Waals surface area contributed by atoms with Gasteiger partial charge in [0, 0.05) is 30.5 Å². The number of carbonyl (C=O) groups excluding carboxylic acids is 1. The molecule has 0 amide bonds. The fraction of sp³-hybridized carbons (Fsp3) is 0.625. The molecule has 12 heteroatoms. The number of rotatable bonds is 13. The van der Waals surface area contributed by atoms with Gasteiger partial charge in [-0.3, -0.25) is 4.79 Å². The molecule has 1 saturated heterocycles. The highest BCUT2D eigenvalue weighted by Crippen LogP contribution is 2.43. The number of hydrogen-bond donors (Lipinski definition) is 6. The van der Waals surface area contributed by atoms with Crippen LogP contribution in [-0.2, 0) is 27.1 Å². The number of esters is 1. The summed E-state index contributed by atoms with van der Waals surface area (Å²) >= 11 is 0. The van der Waals surface area contributed by atoms with Gasteiger partial charge in [-0.05, 0) is 38.4 Å². The number of ether oxygens (including phenoxy) is 4. The van der Waals surface area contributed by atoms with Crippen molar-refractivity contribution in [2.24, 2.45) is 0 Å². The molecule has 3 rings (SSSR count). The average Bonchev–Trinajstić information content (AvgIpc) is 3.26. The van der Waals surface area contributed by atoms with Crippen LogP contribution in [0.4, 0.5) is 0 Å². The summed E-state index contributed by atoms with van der Waals surface area (Å²) in [5.74, 6) is -0.128. The van der Waals surface area contributed by atoms with E-state index in [0.29, 0.717) is 29.5 Å². The molecule has 2 aromatic rings. The molecule has 12 nitrogen and oxygen atoms in total. The molecule has 1 aromatic heterocycles. The summed E-state index contributed by atoms with van der Waals surface area (Å²) in [6, 6.07) is 1.74. The molecule has 0 bridgehead atoms. The molecule has 1 fully saturated rings. The predicted molar refractivity (Wildman–Crippen MR) is 126 cm³/mol. The van der Waals surface area contributed by atoms with Crippen molar-refractivity contribution < 1.29 is 53.7 Å². The summed E-state index contributed by atoms with van der Waals surface area (Å²) in [5, 5.41) is 53.5. The number of carbonyl (C=O) groups is 1. The summed E-state index contributed by atoms with van der Waals surface area (Å²) in [6.07, 6.45) is -5.46. The third-order valence-electron chi connectivity index (χ3n) is 5.90. The van der Waals surface area contributed by atoms with Gasteiger partial charge in [-0.1, -0.05) is 0 Å². The van der Waals surface area contributed by atoms with Crippen LogP contribution >= 0.6 is 0 Å². The maximum atomic E-state index is 12.1. The molecule has 0 aliphatic carbocycles. The largest absolute Gasteiger partial charge is 0.485 e. The van der Waals surface area contributed by atoms with Gasteiger partial charge in [0.1, 0.15) is 31.0 Å². The minimum absolute atomic E-state index is 0.0214. The normalized spacial score (nSPS) is 24.1. The average molecular weight is 514 g/mol. The number of furan rings is 1. The fourth-order valence-electron chi connectivity index (χ4n) is 3.99. The lowest BCUT2D eigenvalue weighted by Gasteiger charge is -2.39. The summed E-state index contributed by atoms with van der Waals surface area (Å²) in [4.78, 5) is 12.1. The van der Waals surface area contributed by atoms with Gasteiger partial charge >= 0.3 is 5.97 Å². The molecule has 5 atom stereocenters. The topological polar surface area (TPSA) is 180 Å². The highest BCUT2D eigenvalue weighted by Gasteiger charge is 2.45. The lowest BCUT2D eigenvalue weighted by atomic mass is 9.99. The first-order valence-corrected chi connectivity index (χ1v) is 11.9. The molecule has 0 spiro atoms. The van der Waals surface area contributed by atoms with Gasteiger partial charge in [0.2, 0.25) is 12.0 Å². The van der Waals surface area contributed by atoms with Crippen molar-refractivity contribution in [3.63, 3.8) is 0 Å². The molecular weight excluding hydrogens is 478 g/mol. The van der Waals surface area contributed by atoms with Crippen LogP contribution in [0.3, 0.4) is 0 Å². The molecule has 1 aromatic carbocycles. The Balaban J connectivity index is 2.08. The molecule has 0 radical (unpaired) electrons. The first-order valence-electron chi connectivity index (χ1n) is 11.9. The van der Waals surface area contributed by atoms with Crippen molar-refractivity contribution in [3.05, 3.63) is 23.5 Å². The van der Waals surface area contributed by atoms with Gasteiger partial charge in [0.15, 0.2) is 11.3 Å².